The third-order valence-corrected chi connectivity index (χ3v) is 1.54. The van der Waals surface area contributed by atoms with Crippen LogP contribution in [0.4, 0.5) is 0 Å². The Kier molecular flexibility index (Phi) is 3.11. The van der Waals surface area contributed by atoms with Gasteiger partial charge in [-0.2, -0.15) is 4.80 Å². The van der Waals surface area contributed by atoms with Crippen molar-refractivity contribution in [2.24, 2.45) is 13.0 Å². The van der Waals surface area contributed by atoms with Crippen LogP contribution >= 0.6 is 0 Å². The van der Waals surface area contributed by atoms with Crippen molar-refractivity contribution in [2.75, 3.05) is 0 Å². The number of aryl methyl sites for hydroxylation is 1. The number of ketones is 1. The van der Waals surface area contributed by atoms with Gasteiger partial charge in [0.25, 0.3) is 0 Å². The molecule has 1 rings (SSSR count). The minimum absolute atomic E-state index is 0.169. The van der Waals surface area contributed by atoms with Crippen LogP contribution in [0.2, 0.25) is 0 Å². The first-order valence-corrected chi connectivity index (χ1v) is 4.32. The molecule has 0 saturated carbocycles. The Balaban J connectivity index is 2.45. The molecule has 0 spiro atoms. The first-order chi connectivity index (χ1) is 6.08. The van der Waals surface area contributed by atoms with Gasteiger partial charge in [-0.25, -0.2) is 0 Å². The number of rotatable bonds is 4. The second kappa shape index (κ2) is 4.11. The van der Waals surface area contributed by atoms with Gasteiger partial charge < -0.3 is 0 Å². The minimum atomic E-state index is 0.169. The highest BCUT2D eigenvalue weighted by atomic mass is 16.1. The second-order valence-electron chi connectivity index (χ2n) is 3.51. The van der Waals surface area contributed by atoms with Gasteiger partial charge >= 0.3 is 0 Å². The molecule has 1 aromatic rings. The molecule has 0 fully saturated rings. The molecule has 5 heteroatoms. The predicted molar refractivity (Wildman–Crippen MR) is 47.0 cm³/mol. The van der Waals surface area contributed by atoms with Crippen molar-refractivity contribution in [1.82, 2.24) is 20.2 Å². The number of hydrogen-bond donors (Lipinski definition) is 0. The summed E-state index contributed by atoms with van der Waals surface area (Å²) >= 11 is 0. The van der Waals surface area contributed by atoms with E-state index in [1.807, 2.05) is 13.8 Å². The number of hydrogen-bond acceptors (Lipinski definition) is 4. The van der Waals surface area contributed by atoms with E-state index in [1.165, 1.54) is 4.80 Å². The lowest BCUT2D eigenvalue weighted by molar-refractivity contribution is -0.119. The normalized spacial score (nSPS) is 10.8. The molecule has 0 aliphatic heterocycles. The molecular weight excluding hydrogens is 168 g/mol. The molecule has 0 N–H and O–H groups in total. The molecule has 0 atom stereocenters. The lowest BCUT2D eigenvalue weighted by Gasteiger charge is -2.00. The topological polar surface area (TPSA) is 60.7 Å². The highest BCUT2D eigenvalue weighted by Crippen LogP contribution is 2.02. The second-order valence-corrected chi connectivity index (χ2v) is 3.51. The van der Waals surface area contributed by atoms with E-state index in [4.69, 9.17) is 0 Å². The molecule has 5 nitrogen and oxygen atoms in total. The smallest absolute Gasteiger partial charge is 0.182 e. The summed E-state index contributed by atoms with van der Waals surface area (Å²) in [6, 6.07) is 0. The van der Waals surface area contributed by atoms with Gasteiger partial charge in [0, 0.05) is 6.42 Å². The van der Waals surface area contributed by atoms with Gasteiger partial charge in [0.2, 0.25) is 0 Å². The fourth-order valence-electron chi connectivity index (χ4n) is 1.10. The van der Waals surface area contributed by atoms with E-state index in [0.29, 0.717) is 24.6 Å². The van der Waals surface area contributed by atoms with Crippen LogP contribution in [0.1, 0.15) is 26.1 Å². The molecule has 0 aliphatic rings. The summed E-state index contributed by atoms with van der Waals surface area (Å²) in [5, 5.41) is 11.3. The first-order valence-electron chi connectivity index (χ1n) is 4.32. The average Bonchev–Trinajstić information content (AvgIpc) is 2.33. The summed E-state index contributed by atoms with van der Waals surface area (Å²) in [5.74, 6) is 1.07. The van der Waals surface area contributed by atoms with E-state index in [2.05, 4.69) is 15.4 Å². The maximum atomic E-state index is 11.3. The van der Waals surface area contributed by atoms with Gasteiger partial charge in [0.1, 0.15) is 5.78 Å². The molecule has 0 bridgehead atoms. The van der Waals surface area contributed by atoms with Crippen LogP contribution in [0, 0.1) is 5.92 Å². The van der Waals surface area contributed by atoms with Crippen molar-refractivity contribution in [3.05, 3.63) is 5.82 Å². The standard InChI is InChI=1S/C8H14N4O/c1-6(2)4-7(13)5-8-9-11-12(3)10-8/h6H,4-5H2,1-3H3. The summed E-state index contributed by atoms with van der Waals surface area (Å²) < 4.78 is 0. The number of aromatic nitrogens is 4. The quantitative estimate of drug-likeness (QED) is 0.675. The number of Topliss-reactive ketones (excluding diaryl/α,β-unsaturated/α-hetero) is 1. The van der Waals surface area contributed by atoms with E-state index >= 15 is 0 Å². The van der Waals surface area contributed by atoms with E-state index in [0.717, 1.165) is 0 Å². The Morgan fingerprint density at radius 1 is 1.54 bits per heavy atom. The van der Waals surface area contributed by atoms with E-state index in [1.54, 1.807) is 7.05 Å². The fraction of sp³-hybridized carbons (Fsp3) is 0.750. The molecule has 72 valence electrons. The summed E-state index contributed by atoms with van der Waals surface area (Å²) in [7, 11) is 1.68. The SMILES string of the molecule is CC(C)CC(=O)Cc1nnn(C)n1. The van der Waals surface area contributed by atoms with Crippen molar-refractivity contribution in [3.8, 4) is 0 Å². The van der Waals surface area contributed by atoms with Crippen LogP contribution < -0.4 is 0 Å². The third kappa shape index (κ3) is 3.31. The fourth-order valence-corrected chi connectivity index (χ4v) is 1.10. The van der Waals surface area contributed by atoms with E-state index < -0.39 is 0 Å². The van der Waals surface area contributed by atoms with Crippen LogP contribution in [0.3, 0.4) is 0 Å². The Morgan fingerprint density at radius 3 is 2.69 bits per heavy atom. The molecule has 0 aliphatic carbocycles. The van der Waals surface area contributed by atoms with Gasteiger partial charge in [0.05, 0.1) is 13.5 Å². The van der Waals surface area contributed by atoms with Crippen LogP contribution in [0.25, 0.3) is 0 Å². The van der Waals surface area contributed by atoms with Crippen LogP contribution in [-0.4, -0.2) is 26.0 Å². The van der Waals surface area contributed by atoms with Gasteiger partial charge in [-0.1, -0.05) is 13.8 Å². The van der Waals surface area contributed by atoms with Crippen molar-refractivity contribution in [2.45, 2.75) is 26.7 Å². The van der Waals surface area contributed by atoms with Crippen molar-refractivity contribution in [3.63, 3.8) is 0 Å². The summed E-state index contributed by atoms with van der Waals surface area (Å²) in [4.78, 5) is 12.7. The molecule has 0 saturated heterocycles. The van der Waals surface area contributed by atoms with Crippen molar-refractivity contribution in [1.29, 1.82) is 0 Å². The van der Waals surface area contributed by atoms with Crippen molar-refractivity contribution < 1.29 is 4.79 Å². The van der Waals surface area contributed by atoms with Gasteiger partial charge in [-0.05, 0) is 11.1 Å². The lowest BCUT2D eigenvalue weighted by atomic mass is 10.1. The van der Waals surface area contributed by atoms with Crippen LogP contribution in [0.5, 0.6) is 0 Å². The van der Waals surface area contributed by atoms with Gasteiger partial charge in [-0.3, -0.25) is 4.79 Å². The molecule has 0 amide bonds. The number of tetrazole rings is 1. The highest BCUT2D eigenvalue weighted by molar-refractivity contribution is 5.80. The largest absolute Gasteiger partial charge is 0.299 e. The molecule has 1 aromatic heterocycles. The molecular formula is C8H14N4O. The molecule has 13 heavy (non-hydrogen) atoms. The van der Waals surface area contributed by atoms with Crippen molar-refractivity contribution >= 4 is 5.78 Å². The third-order valence-electron chi connectivity index (χ3n) is 1.54. The van der Waals surface area contributed by atoms with Gasteiger partial charge in [0.15, 0.2) is 5.82 Å². The lowest BCUT2D eigenvalue weighted by Crippen LogP contribution is -2.07. The van der Waals surface area contributed by atoms with E-state index in [9.17, 15) is 4.79 Å². The monoisotopic (exact) mass is 182 g/mol. The summed E-state index contributed by atoms with van der Waals surface area (Å²) in [6.45, 7) is 4.03. The minimum Gasteiger partial charge on any atom is -0.299 e. The maximum absolute atomic E-state index is 11.3. The zero-order valence-corrected chi connectivity index (χ0v) is 8.19. The average molecular weight is 182 g/mol. The number of carbonyl (C=O) groups excluding carboxylic acids is 1. The highest BCUT2D eigenvalue weighted by Gasteiger charge is 2.09. The summed E-state index contributed by atoms with van der Waals surface area (Å²) in [5.41, 5.74) is 0. The first kappa shape index (κ1) is 9.83. The molecule has 0 radical (unpaired) electrons. The Bertz CT molecular complexity index is 292. The van der Waals surface area contributed by atoms with Crippen LogP contribution in [0.15, 0.2) is 0 Å². The zero-order chi connectivity index (χ0) is 9.84. The molecule has 0 aromatic carbocycles. The number of nitrogens with zero attached hydrogens (tertiary/aromatic N) is 4. The maximum Gasteiger partial charge on any atom is 0.182 e. The Labute approximate surface area is 77.1 Å². The predicted octanol–water partition coefficient (Wildman–Crippen LogP) is 0.368. The Morgan fingerprint density at radius 2 is 2.23 bits per heavy atom. The van der Waals surface area contributed by atoms with E-state index in [-0.39, 0.29) is 5.78 Å². The molecule has 0 unspecified atom stereocenters. The van der Waals surface area contributed by atoms with Gasteiger partial charge in [-0.15, -0.1) is 10.2 Å². The zero-order valence-electron chi connectivity index (χ0n) is 8.19. The number of carbonyl (C=O) groups is 1. The molecule has 1 heterocycles. The Hall–Kier alpha value is -1.26. The summed E-state index contributed by atoms with van der Waals surface area (Å²) in [6.07, 6.45) is 0.879. The van der Waals surface area contributed by atoms with Crippen LogP contribution in [-0.2, 0) is 18.3 Å².